The van der Waals surface area contributed by atoms with Crippen LogP contribution in [0, 0.1) is 10.1 Å². The predicted molar refractivity (Wildman–Crippen MR) is 84.0 cm³/mol. The zero-order valence-electron chi connectivity index (χ0n) is 11.9. The third-order valence-electron chi connectivity index (χ3n) is 3.62. The van der Waals surface area contributed by atoms with E-state index in [0.29, 0.717) is 10.9 Å². The minimum absolute atomic E-state index is 0.00338. The first kappa shape index (κ1) is 14.0. The van der Waals surface area contributed by atoms with Crippen molar-refractivity contribution in [2.45, 2.75) is 13.3 Å². The normalized spacial score (nSPS) is 10.8. The fourth-order valence-electron chi connectivity index (χ4n) is 2.45. The highest BCUT2D eigenvalue weighted by Gasteiger charge is 2.24. The molecule has 1 aromatic heterocycles. The summed E-state index contributed by atoms with van der Waals surface area (Å²) in [5, 5.41) is 12.0. The van der Waals surface area contributed by atoms with Crippen LogP contribution < -0.4 is 5.63 Å². The minimum Gasteiger partial charge on any atom is -0.415 e. The van der Waals surface area contributed by atoms with Crippen LogP contribution in [0.2, 0.25) is 0 Å². The molecule has 0 atom stereocenters. The summed E-state index contributed by atoms with van der Waals surface area (Å²) in [5.41, 5.74) is 0.872. The fourth-order valence-corrected chi connectivity index (χ4v) is 2.45. The Labute approximate surface area is 126 Å². The van der Waals surface area contributed by atoms with E-state index in [2.05, 4.69) is 0 Å². The van der Waals surface area contributed by atoms with Gasteiger partial charge < -0.3 is 4.42 Å². The highest BCUT2D eigenvalue weighted by atomic mass is 16.6. The highest BCUT2D eigenvalue weighted by molar-refractivity contribution is 5.94. The Kier molecular flexibility index (Phi) is 3.47. The van der Waals surface area contributed by atoms with Gasteiger partial charge in [-0.2, -0.15) is 0 Å². The standard InChI is InChI=1S/C17H13NO4/c1-2-11-7-9-12(10-8-11)16-15(18(20)21)13-5-3-4-6-14(13)17(19)22-16/h3-10H,2H2,1H3. The van der Waals surface area contributed by atoms with E-state index >= 15 is 0 Å². The summed E-state index contributed by atoms with van der Waals surface area (Å²) in [4.78, 5) is 23.1. The number of fused-ring (bicyclic) bond motifs is 1. The molecule has 5 heteroatoms. The molecular weight excluding hydrogens is 282 g/mol. The lowest BCUT2D eigenvalue weighted by Crippen LogP contribution is -2.04. The van der Waals surface area contributed by atoms with Gasteiger partial charge in [0.25, 0.3) is 0 Å². The zero-order valence-corrected chi connectivity index (χ0v) is 11.9. The van der Waals surface area contributed by atoms with E-state index in [1.165, 1.54) is 6.07 Å². The van der Waals surface area contributed by atoms with E-state index in [0.717, 1.165) is 12.0 Å². The third-order valence-corrected chi connectivity index (χ3v) is 3.62. The van der Waals surface area contributed by atoms with Crippen LogP contribution in [-0.4, -0.2) is 4.92 Å². The predicted octanol–water partition coefficient (Wildman–Crippen LogP) is 3.93. The quantitative estimate of drug-likeness (QED) is 0.542. The Morgan fingerprint density at radius 3 is 2.27 bits per heavy atom. The Hall–Kier alpha value is -2.95. The number of rotatable bonds is 3. The van der Waals surface area contributed by atoms with Crippen molar-refractivity contribution in [2.24, 2.45) is 0 Å². The SMILES string of the molecule is CCc1ccc(-c2oc(=O)c3ccccc3c2[N+](=O)[O-])cc1. The molecule has 3 aromatic rings. The maximum Gasteiger partial charge on any atom is 0.344 e. The van der Waals surface area contributed by atoms with Gasteiger partial charge in [-0.3, -0.25) is 10.1 Å². The molecule has 3 rings (SSSR count). The number of hydrogen-bond donors (Lipinski definition) is 0. The maximum atomic E-state index is 12.1. The van der Waals surface area contributed by atoms with Crippen LogP contribution in [0.1, 0.15) is 12.5 Å². The van der Waals surface area contributed by atoms with Gasteiger partial charge >= 0.3 is 11.3 Å². The van der Waals surface area contributed by atoms with Crippen molar-refractivity contribution in [3.05, 3.63) is 74.6 Å². The summed E-state index contributed by atoms with van der Waals surface area (Å²) < 4.78 is 5.25. The van der Waals surface area contributed by atoms with Crippen LogP contribution in [-0.2, 0) is 6.42 Å². The topological polar surface area (TPSA) is 73.3 Å². The van der Waals surface area contributed by atoms with Crippen LogP contribution >= 0.6 is 0 Å². The maximum absolute atomic E-state index is 12.1. The van der Waals surface area contributed by atoms with Crippen molar-refractivity contribution in [3.8, 4) is 11.3 Å². The molecule has 5 nitrogen and oxygen atoms in total. The van der Waals surface area contributed by atoms with Gasteiger partial charge in [0.05, 0.1) is 15.7 Å². The Balaban J connectivity index is 2.35. The highest BCUT2D eigenvalue weighted by Crippen LogP contribution is 2.34. The molecule has 0 amide bonds. The lowest BCUT2D eigenvalue weighted by molar-refractivity contribution is -0.383. The van der Waals surface area contributed by atoms with E-state index in [1.54, 1.807) is 30.3 Å². The fraction of sp³-hybridized carbons (Fsp3) is 0.118. The molecule has 0 aliphatic heterocycles. The van der Waals surface area contributed by atoms with Gasteiger partial charge in [0.2, 0.25) is 5.76 Å². The Morgan fingerprint density at radius 1 is 1.05 bits per heavy atom. The van der Waals surface area contributed by atoms with Crippen LogP contribution in [0.25, 0.3) is 22.1 Å². The van der Waals surface area contributed by atoms with Crippen LogP contribution in [0.5, 0.6) is 0 Å². The summed E-state index contributed by atoms with van der Waals surface area (Å²) in [6.07, 6.45) is 0.865. The van der Waals surface area contributed by atoms with Crippen molar-refractivity contribution >= 4 is 16.5 Å². The van der Waals surface area contributed by atoms with E-state index in [-0.39, 0.29) is 16.8 Å². The molecule has 2 aromatic carbocycles. The van der Waals surface area contributed by atoms with E-state index in [9.17, 15) is 14.9 Å². The van der Waals surface area contributed by atoms with Crippen molar-refractivity contribution in [3.63, 3.8) is 0 Å². The number of benzene rings is 2. The molecular formula is C17H13NO4. The molecule has 0 unspecified atom stereocenters. The van der Waals surface area contributed by atoms with Gasteiger partial charge in [0.1, 0.15) is 0 Å². The van der Waals surface area contributed by atoms with Gasteiger partial charge in [0.15, 0.2) is 0 Å². The average molecular weight is 295 g/mol. The molecule has 0 aliphatic carbocycles. The largest absolute Gasteiger partial charge is 0.415 e. The summed E-state index contributed by atoms with van der Waals surface area (Å²) in [5.74, 6) is -0.00338. The van der Waals surface area contributed by atoms with E-state index in [1.807, 2.05) is 19.1 Å². The van der Waals surface area contributed by atoms with Crippen molar-refractivity contribution < 1.29 is 9.34 Å². The van der Waals surface area contributed by atoms with Crippen LogP contribution in [0.15, 0.2) is 57.7 Å². The summed E-state index contributed by atoms with van der Waals surface area (Å²) in [7, 11) is 0. The molecule has 0 bridgehead atoms. The second-order valence-corrected chi connectivity index (χ2v) is 4.92. The van der Waals surface area contributed by atoms with Gasteiger partial charge in [-0.05, 0) is 24.1 Å². The third kappa shape index (κ3) is 2.26. The lowest BCUT2D eigenvalue weighted by atomic mass is 10.0. The van der Waals surface area contributed by atoms with Gasteiger partial charge in [-0.15, -0.1) is 0 Å². The molecule has 0 saturated carbocycles. The summed E-state index contributed by atoms with van der Waals surface area (Å²) in [6, 6.07) is 13.6. The van der Waals surface area contributed by atoms with Crippen molar-refractivity contribution in [1.82, 2.24) is 0 Å². The van der Waals surface area contributed by atoms with Crippen LogP contribution in [0.4, 0.5) is 5.69 Å². The molecule has 0 N–H and O–H groups in total. The molecule has 22 heavy (non-hydrogen) atoms. The number of nitrogens with zero attached hydrogens (tertiary/aromatic N) is 1. The molecule has 0 radical (unpaired) electrons. The number of nitro groups is 1. The van der Waals surface area contributed by atoms with Gasteiger partial charge in [-0.25, -0.2) is 4.79 Å². The van der Waals surface area contributed by atoms with Crippen LogP contribution in [0.3, 0.4) is 0 Å². The molecule has 0 saturated heterocycles. The summed E-state index contributed by atoms with van der Waals surface area (Å²) in [6.45, 7) is 2.02. The number of aryl methyl sites for hydroxylation is 1. The monoisotopic (exact) mass is 295 g/mol. The molecule has 0 spiro atoms. The molecule has 110 valence electrons. The Morgan fingerprint density at radius 2 is 1.68 bits per heavy atom. The summed E-state index contributed by atoms with van der Waals surface area (Å²) >= 11 is 0. The minimum atomic E-state index is -0.573. The van der Waals surface area contributed by atoms with Gasteiger partial charge in [-0.1, -0.05) is 43.3 Å². The molecule has 0 aliphatic rings. The first-order chi connectivity index (χ1) is 10.6. The van der Waals surface area contributed by atoms with Gasteiger partial charge in [0, 0.05) is 5.56 Å². The second-order valence-electron chi connectivity index (χ2n) is 4.92. The van der Waals surface area contributed by atoms with E-state index < -0.39 is 10.5 Å². The molecule has 1 heterocycles. The van der Waals surface area contributed by atoms with Crippen molar-refractivity contribution in [1.29, 1.82) is 0 Å². The van der Waals surface area contributed by atoms with Crippen molar-refractivity contribution in [2.75, 3.05) is 0 Å². The lowest BCUT2D eigenvalue weighted by Gasteiger charge is -2.05. The zero-order chi connectivity index (χ0) is 15.7. The second kappa shape index (κ2) is 5.44. The van der Waals surface area contributed by atoms with E-state index in [4.69, 9.17) is 4.42 Å². The smallest absolute Gasteiger partial charge is 0.344 e. The average Bonchev–Trinajstić information content (AvgIpc) is 2.54. The first-order valence-corrected chi connectivity index (χ1v) is 6.91. The Bertz CT molecular complexity index is 910. The molecule has 0 fully saturated rings. The number of hydrogen-bond acceptors (Lipinski definition) is 4. The first-order valence-electron chi connectivity index (χ1n) is 6.91.